The van der Waals surface area contributed by atoms with Crippen LogP contribution in [-0.4, -0.2) is 37.9 Å². The second kappa shape index (κ2) is 10.3. The molecule has 0 aliphatic rings. The average Bonchev–Trinajstić information content (AvgIpc) is 3.39. The predicted molar refractivity (Wildman–Crippen MR) is 140 cm³/mol. The smallest absolute Gasteiger partial charge is 0.201 e. The molecule has 7 nitrogen and oxygen atoms in total. The number of aromatic nitrogens is 4. The summed E-state index contributed by atoms with van der Waals surface area (Å²) in [5.74, 6) is -2.19. The second-order valence-electron chi connectivity index (χ2n) is 10.1. The molecule has 1 aromatic carbocycles. The maximum atomic E-state index is 15.0. The van der Waals surface area contributed by atoms with Crippen LogP contribution in [0.15, 0.2) is 42.9 Å². The summed E-state index contributed by atoms with van der Waals surface area (Å²) in [5, 5.41) is 18.3. The van der Waals surface area contributed by atoms with E-state index in [-0.39, 0.29) is 12.4 Å². The number of halogens is 2. The van der Waals surface area contributed by atoms with Crippen LogP contribution in [0.4, 0.5) is 8.78 Å². The minimum Gasteiger partial charge on any atom is -0.489 e. The van der Waals surface area contributed by atoms with Crippen LogP contribution in [-0.2, 0) is 13.5 Å². The van der Waals surface area contributed by atoms with E-state index in [9.17, 15) is 9.50 Å². The number of fused-ring (bicyclic) bond motifs is 1. The van der Waals surface area contributed by atoms with Crippen LogP contribution < -0.4 is 10.1 Å². The molecule has 9 heteroatoms. The van der Waals surface area contributed by atoms with E-state index in [1.54, 1.807) is 30.2 Å². The van der Waals surface area contributed by atoms with Gasteiger partial charge < -0.3 is 15.2 Å². The van der Waals surface area contributed by atoms with Crippen LogP contribution >= 0.6 is 0 Å². The highest BCUT2D eigenvalue weighted by molar-refractivity contribution is 5.72. The Morgan fingerprint density at radius 2 is 1.95 bits per heavy atom. The highest BCUT2D eigenvalue weighted by Crippen LogP contribution is 2.36. The number of imidazole rings is 1. The maximum Gasteiger partial charge on any atom is 0.201 e. The summed E-state index contributed by atoms with van der Waals surface area (Å²) in [7, 11) is 3.62. The van der Waals surface area contributed by atoms with Crippen molar-refractivity contribution >= 4 is 11.7 Å². The molecule has 196 valence electrons. The summed E-state index contributed by atoms with van der Waals surface area (Å²) in [6.07, 6.45) is 6.80. The molecular weight excluding hydrogens is 476 g/mol. The fraction of sp³-hybridized carbons (Fsp3) is 0.357. The van der Waals surface area contributed by atoms with E-state index in [1.807, 2.05) is 57.5 Å². The Labute approximate surface area is 215 Å². The lowest BCUT2D eigenvalue weighted by Crippen LogP contribution is -2.20. The number of pyridine rings is 1. The number of aliphatic hydroxyl groups is 1. The molecule has 2 N–H and O–H groups in total. The molecule has 37 heavy (non-hydrogen) atoms. The van der Waals surface area contributed by atoms with Gasteiger partial charge in [-0.25, -0.2) is 9.37 Å². The molecule has 0 bridgehead atoms. The van der Waals surface area contributed by atoms with Crippen molar-refractivity contribution < 1.29 is 18.6 Å². The molecule has 0 aliphatic carbocycles. The number of aliphatic hydroxyl groups excluding tert-OH is 1. The SMILES string of the molecule is CN/C=C/c1cnc2ccc(-c3ccc(F)c(F)c3OCCc3c(C(O)C(C)(C)C)nn(C)c3C)cn12. The van der Waals surface area contributed by atoms with Gasteiger partial charge in [-0.1, -0.05) is 20.8 Å². The number of aryl methyl sites for hydroxylation is 1. The molecule has 0 fully saturated rings. The van der Waals surface area contributed by atoms with Crippen LogP contribution in [0, 0.1) is 24.0 Å². The average molecular weight is 510 g/mol. The van der Waals surface area contributed by atoms with Crippen LogP contribution in [0.2, 0.25) is 0 Å². The Hall–Kier alpha value is -3.72. The summed E-state index contributed by atoms with van der Waals surface area (Å²) < 4.78 is 38.8. The van der Waals surface area contributed by atoms with Gasteiger partial charge in [0, 0.05) is 49.1 Å². The van der Waals surface area contributed by atoms with Crippen molar-refractivity contribution in [3.63, 3.8) is 0 Å². The molecule has 4 aromatic rings. The second-order valence-corrected chi connectivity index (χ2v) is 10.1. The topological polar surface area (TPSA) is 76.6 Å². The summed E-state index contributed by atoms with van der Waals surface area (Å²) in [6, 6.07) is 6.23. The molecule has 0 aliphatic heterocycles. The first kappa shape index (κ1) is 26.3. The molecule has 3 heterocycles. The summed E-state index contributed by atoms with van der Waals surface area (Å²) in [6.45, 7) is 7.80. The largest absolute Gasteiger partial charge is 0.489 e. The number of hydrogen-bond acceptors (Lipinski definition) is 5. The van der Waals surface area contributed by atoms with E-state index in [0.717, 1.165) is 28.7 Å². The fourth-order valence-corrected chi connectivity index (χ4v) is 4.22. The normalized spacial score (nSPS) is 13.0. The van der Waals surface area contributed by atoms with E-state index in [4.69, 9.17) is 4.74 Å². The molecule has 0 saturated heterocycles. The third-order valence-corrected chi connectivity index (χ3v) is 6.48. The predicted octanol–water partition coefficient (Wildman–Crippen LogP) is 5.21. The number of hydrogen-bond donors (Lipinski definition) is 2. The van der Waals surface area contributed by atoms with Gasteiger partial charge in [0.1, 0.15) is 11.8 Å². The zero-order valence-electron chi connectivity index (χ0n) is 22.0. The number of benzene rings is 1. The Kier molecular flexibility index (Phi) is 7.36. The van der Waals surface area contributed by atoms with E-state index in [0.29, 0.717) is 23.2 Å². The fourth-order valence-electron chi connectivity index (χ4n) is 4.22. The van der Waals surface area contributed by atoms with Crippen molar-refractivity contribution in [2.24, 2.45) is 12.5 Å². The quantitative estimate of drug-likeness (QED) is 0.341. The first-order valence-electron chi connectivity index (χ1n) is 12.2. The lowest BCUT2D eigenvalue weighted by atomic mass is 9.85. The first-order chi connectivity index (χ1) is 17.5. The highest BCUT2D eigenvalue weighted by Gasteiger charge is 2.30. The van der Waals surface area contributed by atoms with Crippen LogP contribution in [0.5, 0.6) is 5.75 Å². The molecule has 0 saturated carbocycles. The number of nitrogens with one attached hydrogen (secondary N) is 1. The van der Waals surface area contributed by atoms with E-state index < -0.39 is 23.2 Å². The van der Waals surface area contributed by atoms with E-state index in [2.05, 4.69) is 15.4 Å². The van der Waals surface area contributed by atoms with Crippen LogP contribution in [0.25, 0.3) is 22.9 Å². The Bertz CT molecular complexity index is 1450. The van der Waals surface area contributed by atoms with Gasteiger partial charge in [0.05, 0.1) is 24.2 Å². The third kappa shape index (κ3) is 5.22. The molecule has 1 atom stereocenters. The van der Waals surface area contributed by atoms with Crippen molar-refractivity contribution in [1.29, 1.82) is 0 Å². The minimum atomic E-state index is -1.05. The van der Waals surface area contributed by atoms with Gasteiger partial charge in [-0.15, -0.1) is 0 Å². The Balaban J connectivity index is 1.66. The van der Waals surface area contributed by atoms with Crippen molar-refractivity contribution in [1.82, 2.24) is 24.5 Å². The van der Waals surface area contributed by atoms with Gasteiger partial charge in [-0.05, 0) is 48.9 Å². The summed E-state index contributed by atoms with van der Waals surface area (Å²) in [5.41, 5.74) is 4.51. The molecule has 0 spiro atoms. The van der Waals surface area contributed by atoms with Crippen molar-refractivity contribution in [2.75, 3.05) is 13.7 Å². The van der Waals surface area contributed by atoms with Gasteiger partial charge in [0.2, 0.25) is 5.82 Å². The summed E-state index contributed by atoms with van der Waals surface area (Å²) >= 11 is 0. The lowest BCUT2D eigenvalue weighted by molar-refractivity contribution is 0.0575. The van der Waals surface area contributed by atoms with Crippen LogP contribution in [0.3, 0.4) is 0 Å². The van der Waals surface area contributed by atoms with Gasteiger partial charge in [0.25, 0.3) is 0 Å². The standard InChI is InChI=1S/C28H33F2N5O2/c1-17-20(25(33-34(17)6)27(36)28(2,3)4)12-14-37-26-21(8-9-22(29)24(26)30)18-7-10-23-32-15-19(11-13-31-5)35(23)16-18/h7-11,13,15-16,27,31,36H,12,14H2,1-6H3/b13-11+. The van der Waals surface area contributed by atoms with Gasteiger partial charge in [0.15, 0.2) is 11.6 Å². The number of nitrogens with zero attached hydrogens (tertiary/aromatic N) is 4. The molecule has 1 unspecified atom stereocenters. The van der Waals surface area contributed by atoms with Crippen LogP contribution in [0.1, 0.15) is 49.5 Å². The molecule has 4 rings (SSSR count). The number of ether oxygens (including phenoxy) is 1. The summed E-state index contributed by atoms with van der Waals surface area (Å²) in [4.78, 5) is 4.38. The third-order valence-electron chi connectivity index (χ3n) is 6.48. The maximum absolute atomic E-state index is 15.0. The zero-order chi connectivity index (χ0) is 26.9. The highest BCUT2D eigenvalue weighted by atomic mass is 19.2. The van der Waals surface area contributed by atoms with Gasteiger partial charge in [-0.3, -0.25) is 9.08 Å². The van der Waals surface area contributed by atoms with Gasteiger partial charge >= 0.3 is 0 Å². The monoisotopic (exact) mass is 509 g/mol. The van der Waals surface area contributed by atoms with Gasteiger partial charge in [-0.2, -0.15) is 9.49 Å². The Morgan fingerprint density at radius 3 is 2.65 bits per heavy atom. The van der Waals surface area contributed by atoms with Crippen molar-refractivity contribution in [2.45, 2.75) is 40.2 Å². The molecule has 0 radical (unpaired) electrons. The van der Waals surface area contributed by atoms with E-state index >= 15 is 4.39 Å². The lowest BCUT2D eigenvalue weighted by Gasteiger charge is -2.25. The van der Waals surface area contributed by atoms with Crippen molar-refractivity contribution in [3.8, 4) is 16.9 Å². The van der Waals surface area contributed by atoms with E-state index in [1.165, 1.54) is 6.07 Å². The Morgan fingerprint density at radius 1 is 1.19 bits per heavy atom. The molecular formula is C28H33F2N5O2. The molecule has 3 aromatic heterocycles. The molecule has 0 amide bonds. The minimum absolute atomic E-state index is 0.0766. The van der Waals surface area contributed by atoms with Crippen molar-refractivity contribution in [3.05, 3.63) is 77.1 Å². The first-order valence-corrected chi connectivity index (χ1v) is 12.2. The number of rotatable bonds is 8. The zero-order valence-corrected chi connectivity index (χ0v) is 22.0.